The molecule has 0 aromatic heterocycles. The first-order valence-corrected chi connectivity index (χ1v) is 5.39. The van der Waals surface area contributed by atoms with Crippen LogP contribution in [0, 0.1) is 0 Å². The average Bonchev–Trinajstić information content (AvgIpc) is 2.94. The van der Waals surface area contributed by atoms with E-state index in [0.29, 0.717) is 0 Å². The SMILES string of the molecule is C=C(CNCC)CN(CC)C1CC1. The minimum atomic E-state index is 0.864. The fourth-order valence-corrected chi connectivity index (χ4v) is 1.58. The summed E-state index contributed by atoms with van der Waals surface area (Å²) in [4.78, 5) is 2.53. The molecule has 1 N–H and O–H groups in total. The van der Waals surface area contributed by atoms with E-state index in [1.54, 1.807) is 0 Å². The van der Waals surface area contributed by atoms with Gasteiger partial charge in [0.2, 0.25) is 0 Å². The molecule has 0 bridgehead atoms. The van der Waals surface area contributed by atoms with E-state index >= 15 is 0 Å². The molecule has 0 aromatic carbocycles. The molecular weight excluding hydrogens is 160 g/mol. The Morgan fingerprint density at radius 1 is 1.46 bits per heavy atom. The molecule has 0 amide bonds. The molecule has 0 saturated heterocycles. The van der Waals surface area contributed by atoms with Crippen LogP contribution in [0.15, 0.2) is 12.2 Å². The fraction of sp³-hybridized carbons (Fsp3) is 0.818. The van der Waals surface area contributed by atoms with Gasteiger partial charge in [-0.3, -0.25) is 4.90 Å². The lowest BCUT2D eigenvalue weighted by Crippen LogP contribution is -2.30. The van der Waals surface area contributed by atoms with Gasteiger partial charge < -0.3 is 5.32 Å². The third kappa shape index (κ3) is 3.92. The van der Waals surface area contributed by atoms with Gasteiger partial charge in [0.25, 0.3) is 0 Å². The smallest absolute Gasteiger partial charge is 0.0205 e. The lowest BCUT2D eigenvalue weighted by atomic mass is 10.2. The minimum Gasteiger partial charge on any atom is -0.313 e. The summed E-state index contributed by atoms with van der Waals surface area (Å²) in [5.41, 5.74) is 1.32. The topological polar surface area (TPSA) is 15.3 Å². The molecule has 1 aliphatic rings. The Hall–Kier alpha value is -0.340. The van der Waals surface area contributed by atoms with Crippen LogP contribution in [-0.2, 0) is 0 Å². The highest BCUT2D eigenvalue weighted by Gasteiger charge is 2.27. The van der Waals surface area contributed by atoms with Crippen molar-refractivity contribution >= 4 is 0 Å². The Morgan fingerprint density at radius 3 is 2.62 bits per heavy atom. The summed E-state index contributed by atoms with van der Waals surface area (Å²) in [6.45, 7) is 12.7. The first kappa shape index (κ1) is 10.7. The second-order valence-corrected chi connectivity index (χ2v) is 3.82. The van der Waals surface area contributed by atoms with Crippen LogP contribution in [0.1, 0.15) is 26.7 Å². The molecular formula is C11H22N2. The zero-order valence-corrected chi connectivity index (χ0v) is 8.97. The predicted octanol–water partition coefficient (Wildman–Crippen LogP) is 1.64. The molecule has 2 nitrogen and oxygen atoms in total. The summed E-state index contributed by atoms with van der Waals surface area (Å²) < 4.78 is 0. The highest BCUT2D eigenvalue weighted by molar-refractivity contribution is 5.02. The van der Waals surface area contributed by atoms with E-state index in [4.69, 9.17) is 0 Å². The van der Waals surface area contributed by atoms with Crippen LogP contribution in [0.4, 0.5) is 0 Å². The van der Waals surface area contributed by atoms with Crippen LogP contribution >= 0.6 is 0 Å². The summed E-state index contributed by atoms with van der Waals surface area (Å²) in [6, 6.07) is 0.864. The second-order valence-electron chi connectivity index (χ2n) is 3.82. The van der Waals surface area contributed by atoms with Crippen molar-refractivity contribution in [2.75, 3.05) is 26.2 Å². The van der Waals surface area contributed by atoms with Crippen LogP contribution in [-0.4, -0.2) is 37.1 Å². The van der Waals surface area contributed by atoms with Crippen molar-refractivity contribution in [1.29, 1.82) is 0 Å². The molecule has 0 aromatic rings. The van der Waals surface area contributed by atoms with E-state index in [0.717, 1.165) is 32.2 Å². The number of hydrogen-bond donors (Lipinski definition) is 1. The van der Waals surface area contributed by atoms with Crippen LogP contribution in [0.5, 0.6) is 0 Å². The zero-order valence-electron chi connectivity index (χ0n) is 8.97. The normalized spacial score (nSPS) is 16.5. The summed E-state index contributed by atoms with van der Waals surface area (Å²) in [5.74, 6) is 0. The number of nitrogens with zero attached hydrogens (tertiary/aromatic N) is 1. The van der Waals surface area contributed by atoms with Gasteiger partial charge in [-0.2, -0.15) is 0 Å². The molecule has 0 atom stereocenters. The summed E-state index contributed by atoms with van der Waals surface area (Å²) >= 11 is 0. The van der Waals surface area contributed by atoms with Crippen LogP contribution in [0.3, 0.4) is 0 Å². The molecule has 1 fully saturated rings. The molecule has 2 heteroatoms. The highest BCUT2D eigenvalue weighted by atomic mass is 15.2. The highest BCUT2D eigenvalue weighted by Crippen LogP contribution is 2.26. The van der Waals surface area contributed by atoms with Crippen molar-refractivity contribution in [3.63, 3.8) is 0 Å². The predicted molar refractivity (Wildman–Crippen MR) is 58.0 cm³/mol. The molecule has 13 heavy (non-hydrogen) atoms. The fourth-order valence-electron chi connectivity index (χ4n) is 1.58. The van der Waals surface area contributed by atoms with Crippen LogP contribution in [0.25, 0.3) is 0 Å². The van der Waals surface area contributed by atoms with Gasteiger partial charge in [-0.15, -0.1) is 0 Å². The summed E-state index contributed by atoms with van der Waals surface area (Å²) in [6.07, 6.45) is 2.78. The van der Waals surface area contributed by atoms with Crippen LogP contribution < -0.4 is 5.32 Å². The maximum absolute atomic E-state index is 4.09. The zero-order chi connectivity index (χ0) is 9.68. The van der Waals surface area contributed by atoms with E-state index in [-0.39, 0.29) is 0 Å². The Bertz CT molecular complexity index is 161. The van der Waals surface area contributed by atoms with Gasteiger partial charge in [-0.05, 0) is 31.5 Å². The first-order valence-electron chi connectivity index (χ1n) is 5.39. The third-order valence-electron chi connectivity index (χ3n) is 2.52. The lowest BCUT2D eigenvalue weighted by Gasteiger charge is -2.21. The van der Waals surface area contributed by atoms with Crippen molar-refractivity contribution in [3.8, 4) is 0 Å². The number of likely N-dealkylation sites (N-methyl/N-ethyl adjacent to an activating group) is 2. The Balaban J connectivity index is 2.16. The van der Waals surface area contributed by atoms with Crippen molar-refractivity contribution in [2.45, 2.75) is 32.7 Å². The van der Waals surface area contributed by atoms with Crippen molar-refractivity contribution in [1.82, 2.24) is 10.2 Å². The van der Waals surface area contributed by atoms with Gasteiger partial charge in [0.15, 0.2) is 0 Å². The van der Waals surface area contributed by atoms with Gasteiger partial charge >= 0.3 is 0 Å². The van der Waals surface area contributed by atoms with Gasteiger partial charge in [0, 0.05) is 19.1 Å². The molecule has 1 aliphatic carbocycles. The lowest BCUT2D eigenvalue weighted by molar-refractivity contribution is 0.300. The molecule has 0 radical (unpaired) electrons. The van der Waals surface area contributed by atoms with E-state index in [1.807, 2.05) is 0 Å². The molecule has 1 rings (SSSR count). The van der Waals surface area contributed by atoms with Gasteiger partial charge in [0.05, 0.1) is 0 Å². The van der Waals surface area contributed by atoms with Crippen LogP contribution in [0.2, 0.25) is 0 Å². The van der Waals surface area contributed by atoms with E-state index < -0.39 is 0 Å². The molecule has 0 aliphatic heterocycles. The number of hydrogen-bond acceptors (Lipinski definition) is 2. The van der Waals surface area contributed by atoms with E-state index in [2.05, 4.69) is 30.6 Å². The monoisotopic (exact) mass is 182 g/mol. The Kier molecular flexibility index (Phi) is 4.46. The Labute approximate surface area is 82.0 Å². The Morgan fingerprint density at radius 2 is 2.15 bits per heavy atom. The minimum absolute atomic E-state index is 0.864. The number of nitrogens with one attached hydrogen (secondary N) is 1. The van der Waals surface area contributed by atoms with Gasteiger partial charge in [-0.1, -0.05) is 20.4 Å². The molecule has 0 spiro atoms. The standard InChI is InChI=1S/C11H22N2/c1-4-12-8-10(3)9-13(5-2)11-6-7-11/h11-12H,3-9H2,1-2H3. The average molecular weight is 182 g/mol. The third-order valence-corrected chi connectivity index (χ3v) is 2.52. The molecule has 76 valence electrons. The quantitative estimate of drug-likeness (QED) is 0.602. The maximum Gasteiger partial charge on any atom is 0.0205 e. The molecule has 0 unspecified atom stereocenters. The largest absolute Gasteiger partial charge is 0.313 e. The van der Waals surface area contributed by atoms with Crippen molar-refractivity contribution in [3.05, 3.63) is 12.2 Å². The number of rotatable bonds is 7. The van der Waals surface area contributed by atoms with Gasteiger partial charge in [0.1, 0.15) is 0 Å². The second kappa shape index (κ2) is 5.40. The summed E-state index contributed by atoms with van der Waals surface area (Å²) in [5, 5.41) is 3.31. The molecule has 1 saturated carbocycles. The van der Waals surface area contributed by atoms with E-state index in [1.165, 1.54) is 18.4 Å². The molecule has 0 heterocycles. The maximum atomic E-state index is 4.09. The van der Waals surface area contributed by atoms with Gasteiger partial charge in [-0.25, -0.2) is 0 Å². The van der Waals surface area contributed by atoms with E-state index in [9.17, 15) is 0 Å². The first-order chi connectivity index (χ1) is 6.27. The van der Waals surface area contributed by atoms with Crippen molar-refractivity contribution < 1.29 is 0 Å². The summed E-state index contributed by atoms with van der Waals surface area (Å²) in [7, 11) is 0. The van der Waals surface area contributed by atoms with Crippen molar-refractivity contribution in [2.24, 2.45) is 0 Å².